The first-order valence-corrected chi connectivity index (χ1v) is 14.9. The molecule has 4 aliphatic carbocycles. The maximum Gasteiger partial charge on any atom is 0.338 e. The molecule has 0 unspecified atom stereocenters. The number of ether oxygens (including phenoxy) is 1. The Hall–Kier alpha value is -2.09. The molecule has 2 heteroatoms. The number of hydrogen-bond donors (Lipinski definition) is 0. The van der Waals surface area contributed by atoms with Crippen molar-refractivity contribution in [2.75, 3.05) is 0 Å². The maximum absolute atomic E-state index is 12.7. The number of rotatable bonds is 5. The zero-order chi connectivity index (χ0) is 26.4. The van der Waals surface area contributed by atoms with Gasteiger partial charge in [-0.1, -0.05) is 73.9 Å². The van der Waals surface area contributed by atoms with Gasteiger partial charge in [-0.2, -0.15) is 0 Å². The lowest BCUT2D eigenvalue weighted by Gasteiger charge is -2.58. The van der Waals surface area contributed by atoms with Gasteiger partial charge in [0, 0.05) is 0 Å². The molecule has 0 heterocycles. The molecule has 0 N–H and O–H groups in total. The molecule has 1 aromatic rings. The summed E-state index contributed by atoms with van der Waals surface area (Å²) in [6, 6.07) is 9.48. The highest BCUT2D eigenvalue weighted by atomic mass is 16.5. The van der Waals surface area contributed by atoms with Gasteiger partial charge in [0.05, 0.1) is 5.56 Å². The molecule has 37 heavy (non-hydrogen) atoms. The van der Waals surface area contributed by atoms with Crippen molar-refractivity contribution in [2.45, 2.75) is 99.0 Å². The molecule has 0 saturated heterocycles. The Kier molecular flexibility index (Phi) is 7.33. The fraction of sp³-hybridized carbons (Fsp3) is 0.629. The lowest BCUT2D eigenvalue weighted by Crippen LogP contribution is -2.50. The first kappa shape index (κ1) is 26.5. The van der Waals surface area contributed by atoms with Crippen LogP contribution in [-0.2, 0) is 4.74 Å². The van der Waals surface area contributed by atoms with E-state index in [0.29, 0.717) is 34.1 Å². The molecule has 0 radical (unpaired) electrons. The molecule has 2 nitrogen and oxygen atoms in total. The van der Waals surface area contributed by atoms with E-state index < -0.39 is 0 Å². The van der Waals surface area contributed by atoms with E-state index in [9.17, 15) is 4.79 Å². The summed E-state index contributed by atoms with van der Waals surface area (Å²) in [6.07, 6.45) is 17.4. The molecule has 3 saturated carbocycles. The summed E-state index contributed by atoms with van der Waals surface area (Å²) in [5, 5.41) is 0. The third kappa shape index (κ3) is 4.79. The molecular weight excluding hydrogens is 452 g/mol. The predicted molar refractivity (Wildman–Crippen MR) is 153 cm³/mol. The molecule has 0 spiro atoms. The van der Waals surface area contributed by atoms with E-state index in [1.807, 2.05) is 35.9 Å². The van der Waals surface area contributed by atoms with Crippen LogP contribution in [0.5, 0.6) is 0 Å². The normalized spacial score (nSPS) is 37.7. The average Bonchev–Trinajstić information content (AvgIpc) is 3.25. The Balaban J connectivity index is 1.29. The fourth-order valence-electron chi connectivity index (χ4n) is 8.88. The third-order valence-corrected chi connectivity index (χ3v) is 11.5. The SMILES string of the molecule is CC(C)=C(C)C=C[C@@H](C)[C@H]1CC[C@H]2C3=CC[C@H]4C[C@@H](OC(=O)c5ccccc5)CC[C@]4(C)[C@H]3CC[C@]12C. The number of allylic oxidation sites excluding steroid dienone is 6. The largest absolute Gasteiger partial charge is 0.459 e. The van der Waals surface area contributed by atoms with Crippen LogP contribution in [-0.4, -0.2) is 12.1 Å². The van der Waals surface area contributed by atoms with Gasteiger partial charge in [-0.3, -0.25) is 0 Å². The Bertz CT molecular complexity index is 1090. The second-order valence-electron chi connectivity index (χ2n) is 13.5. The zero-order valence-corrected chi connectivity index (χ0v) is 24.1. The highest BCUT2D eigenvalue weighted by molar-refractivity contribution is 5.89. The Labute approximate surface area is 225 Å². The Morgan fingerprint density at radius 2 is 1.68 bits per heavy atom. The number of esters is 1. The molecule has 0 aromatic heterocycles. The molecule has 0 bridgehead atoms. The summed E-state index contributed by atoms with van der Waals surface area (Å²) < 4.78 is 6.02. The molecule has 0 amide bonds. The summed E-state index contributed by atoms with van der Waals surface area (Å²) in [4.78, 5) is 12.7. The lowest BCUT2D eigenvalue weighted by molar-refractivity contribution is -0.0514. The second-order valence-corrected chi connectivity index (χ2v) is 13.5. The minimum atomic E-state index is -0.158. The van der Waals surface area contributed by atoms with Crippen LogP contribution in [0.15, 0.2) is 65.3 Å². The van der Waals surface area contributed by atoms with E-state index >= 15 is 0 Å². The molecule has 200 valence electrons. The smallest absolute Gasteiger partial charge is 0.338 e. The highest BCUT2D eigenvalue weighted by Crippen LogP contribution is 2.66. The van der Waals surface area contributed by atoms with Crippen molar-refractivity contribution in [2.24, 2.45) is 40.4 Å². The van der Waals surface area contributed by atoms with Gasteiger partial charge in [0.25, 0.3) is 0 Å². The Morgan fingerprint density at radius 3 is 2.41 bits per heavy atom. The molecule has 5 rings (SSSR count). The van der Waals surface area contributed by atoms with Gasteiger partial charge in [-0.25, -0.2) is 4.79 Å². The summed E-state index contributed by atoms with van der Waals surface area (Å²) in [7, 11) is 0. The quantitative estimate of drug-likeness (QED) is 0.229. The summed E-state index contributed by atoms with van der Waals surface area (Å²) in [5.41, 5.74) is 6.09. The maximum atomic E-state index is 12.7. The minimum absolute atomic E-state index is 0.0577. The van der Waals surface area contributed by atoms with Crippen molar-refractivity contribution in [3.05, 3.63) is 70.8 Å². The molecule has 8 atom stereocenters. The van der Waals surface area contributed by atoms with Crippen molar-refractivity contribution in [3.63, 3.8) is 0 Å². The topological polar surface area (TPSA) is 26.3 Å². The molecule has 1 aromatic carbocycles. The minimum Gasteiger partial charge on any atom is -0.459 e. The van der Waals surface area contributed by atoms with Gasteiger partial charge in [-0.05, 0) is 125 Å². The number of fused-ring (bicyclic) bond motifs is 5. The van der Waals surface area contributed by atoms with E-state index in [2.05, 4.69) is 59.8 Å². The van der Waals surface area contributed by atoms with Crippen molar-refractivity contribution in [3.8, 4) is 0 Å². The van der Waals surface area contributed by atoms with Crippen LogP contribution in [0.25, 0.3) is 0 Å². The lowest BCUT2D eigenvalue weighted by atomic mass is 9.47. The van der Waals surface area contributed by atoms with Crippen LogP contribution in [0.1, 0.15) is 103 Å². The summed E-state index contributed by atoms with van der Waals surface area (Å²) in [5.74, 6) is 3.34. The zero-order valence-electron chi connectivity index (χ0n) is 24.1. The van der Waals surface area contributed by atoms with Crippen LogP contribution >= 0.6 is 0 Å². The van der Waals surface area contributed by atoms with Crippen LogP contribution in [0.3, 0.4) is 0 Å². The molecule has 0 aliphatic heterocycles. The fourth-order valence-corrected chi connectivity index (χ4v) is 8.88. The number of hydrogen-bond acceptors (Lipinski definition) is 2. The second kappa shape index (κ2) is 10.2. The molecular formula is C35H48O2. The van der Waals surface area contributed by atoms with E-state index in [-0.39, 0.29) is 12.1 Å². The van der Waals surface area contributed by atoms with Gasteiger partial charge in [0.15, 0.2) is 0 Å². The van der Waals surface area contributed by atoms with E-state index in [1.54, 1.807) is 0 Å². The Morgan fingerprint density at radius 1 is 0.973 bits per heavy atom. The summed E-state index contributed by atoms with van der Waals surface area (Å²) in [6.45, 7) is 14.3. The average molecular weight is 501 g/mol. The first-order valence-electron chi connectivity index (χ1n) is 14.9. The predicted octanol–water partition coefficient (Wildman–Crippen LogP) is 9.34. The number of carbonyl (C=O) groups is 1. The molecule has 3 fully saturated rings. The van der Waals surface area contributed by atoms with Gasteiger partial charge in [0.1, 0.15) is 6.10 Å². The van der Waals surface area contributed by atoms with Crippen LogP contribution in [0.4, 0.5) is 0 Å². The monoisotopic (exact) mass is 500 g/mol. The van der Waals surface area contributed by atoms with Crippen LogP contribution in [0.2, 0.25) is 0 Å². The standard InChI is InChI=1S/C35H48O2/c1-23(2)24(3)12-13-25(4)30-16-17-31-29-15-14-27-22-28(37-33(36)26-10-8-7-9-11-26)18-20-34(27,5)32(29)19-21-35(30,31)6/h7-13,15,25,27-28,30-32H,14,16-22H2,1-6H3/t25-,27+,28+,30-,31+,32+,34+,35-/m1/s1. The highest BCUT2D eigenvalue weighted by Gasteiger charge is 2.58. The first-order chi connectivity index (χ1) is 17.6. The summed E-state index contributed by atoms with van der Waals surface area (Å²) >= 11 is 0. The van der Waals surface area contributed by atoms with Gasteiger partial charge in [0.2, 0.25) is 0 Å². The van der Waals surface area contributed by atoms with Gasteiger partial charge in [-0.15, -0.1) is 0 Å². The van der Waals surface area contributed by atoms with E-state index in [4.69, 9.17) is 4.74 Å². The van der Waals surface area contributed by atoms with Crippen molar-refractivity contribution < 1.29 is 9.53 Å². The van der Waals surface area contributed by atoms with Crippen LogP contribution in [0, 0.1) is 40.4 Å². The van der Waals surface area contributed by atoms with E-state index in [0.717, 1.165) is 31.1 Å². The van der Waals surface area contributed by atoms with Crippen LogP contribution < -0.4 is 0 Å². The van der Waals surface area contributed by atoms with Gasteiger partial charge >= 0.3 is 5.97 Å². The molecule has 4 aliphatic rings. The van der Waals surface area contributed by atoms with Crippen molar-refractivity contribution >= 4 is 5.97 Å². The number of carbonyl (C=O) groups excluding carboxylic acids is 1. The third-order valence-electron chi connectivity index (χ3n) is 11.5. The van der Waals surface area contributed by atoms with Crippen molar-refractivity contribution in [1.29, 1.82) is 0 Å². The van der Waals surface area contributed by atoms with Crippen molar-refractivity contribution in [1.82, 2.24) is 0 Å². The number of benzene rings is 1. The van der Waals surface area contributed by atoms with Gasteiger partial charge < -0.3 is 4.74 Å². The van der Waals surface area contributed by atoms with E-state index in [1.165, 1.54) is 43.3 Å².